The number of rotatable bonds is 1. The zero-order valence-electron chi connectivity index (χ0n) is 9.95. The highest BCUT2D eigenvalue weighted by Gasteiger charge is 2.29. The van der Waals surface area contributed by atoms with Crippen molar-refractivity contribution < 1.29 is 17.6 Å². The molecule has 0 N–H and O–H groups in total. The molecule has 1 saturated heterocycles. The van der Waals surface area contributed by atoms with Crippen molar-refractivity contribution in [3.8, 4) is 0 Å². The highest BCUT2D eigenvalue weighted by atomic mass is 28.4. The zero-order chi connectivity index (χ0) is 12.1. The van der Waals surface area contributed by atoms with Crippen LogP contribution in [-0.2, 0) is 4.43 Å². The summed E-state index contributed by atoms with van der Waals surface area (Å²) in [7, 11) is -1.09. The Hall–Kier alpha value is -0.0331. The van der Waals surface area contributed by atoms with Gasteiger partial charge in [0, 0.05) is 13.5 Å². The van der Waals surface area contributed by atoms with Gasteiger partial charge in [0.2, 0.25) is 0 Å². The lowest BCUT2D eigenvalue weighted by Gasteiger charge is -2.27. The third-order valence-corrected chi connectivity index (χ3v) is 4.91. The van der Waals surface area contributed by atoms with E-state index in [0.717, 1.165) is 13.5 Å². The van der Waals surface area contributed by atoms with E-state index >= 15 is 0 Å². The van der Waals surface area contributed by atoms with Crippen LogP contribution in [0.2, 0.25) is 19.1 Å². The summed E-state index contributed by atoms with van der Waals surface area (Å²) in [6.45, 7) is 7.01. The first-order chi connectivity index (χ1) is 6.65. The summed E-state index contributed by atoms with van der Waals surface area (Å²) in [5, 5.41) is 0. The molecule has 1 nitrogen and oxygen atoms in total. The molecule has 0 bridgehead atoms. The molecule has 15 heavy (non-hydrogen) atoms. The van der Waals surface area contributed by atoms with Gasteiger partial charge in [-0.1, -0.05) is 6.42 Å². The van der Waals surface area contributed by atoms with Gasteiger partial charge in [-0.2, -0.15) is 0 Å². The summed E-state index contributed by atoms with van der Waals surface area (Å²) in [6.07, 6.45) is 0.655. The molecule has 0 spiro atoms. The van der Waals surface area contributed by atoms with Crippen molar-refractivity contribution in [3.05, 3.63) is 0 Å². The van der Waals surface area contributed by atoms with Crippen molar-refractivity contribution in [2.24, 2.45) is 0 Å². The molecule has 0 aromatic heterocycles. The fourth-order valence-corrected chi connectivity index (χ4v) is 3.02. The minimum Gasteiger partial charge on any atom is -0.417 e. The SMILES string of the molecule is CC(F)C(C)(F)F.C[Si]1(C)CCCCO1. The molecule has 5 heteroatoms. The molecule has 0 aromatic rings. The van der Waals surface area contributed by atoms with Crippen LogP contribution in [0.5, 0.6) is 0 Å². The Balaban J connectivity index is 0.000000265. The van der Waals surface area contributed by atoms with Crippen LogP contribution in [0.3, 0.4) is 0 Å². The molecular weight excluding hydrogens is 221 g/mol. The van der Waals surface area contributed by atoms with Gasteiger partial charge >= 0.3 is 0 Å². The van der Waals surface area contributed by atoms with Crippen LogP contribution in [-0.4, -0.2) is 27.0 Å². The summed E-state index contributed by atoms with van der Waals surface area (Å²) in [5.74, 6) is -3.17. The molecule has 1 heterocycles. The van der Waals surface area contributed by atoms with Crippen molar-refractivity contribution >= 4 is 8.32 Å². The fraction of sp³-hybridized carbons (Fsp3) is 1.00. The molecule has 1 unspecified atom stereocenters. The van der Waals surface area contributed by atoms with E-state index < -0.39 is 20.4 Å². The molecular formula is C10H21F3OSi. The van der Waals surface area contributed by atoms with Crippen molar-refractivity contribution in [2.75, 3.05) is 6.61 Å². The Morgan fingerprint density at radius 2 is 1.73 bits per heavy atom. The maximum absolute atomic E-state index is 11.5. The van der Waals surface area contributed by atoms with Gasteiger partial charge < -0.3 is 4.43 Å². The van der Waals surface area contributed by atoms with Crippen molar-refractivity contribution in [1.82, 2.24) is 0 Å². The number of hydrogen-bond acceptors (Lipinski definition) is 1. The Bertz CT molecular complexity index is 170. The molecule has 1 atom stereocenters. The fourth-order valence-electron chi connectivity index (χ4n) is 1.07. The van der Waals surface area contributed by atoms with Crippen LogP contribution in [0, 0.1) is 0 Å². The normalized spacial score (nSPS) is 22.6. The van der Waals surface area contributed by atoms with E-state index in [1.54, 1.807) is 0 Å². The molecule has 1 fully saturated rings. The van der Waals surface area contributed by atoms with Gasteiger partial charge in [0.15, 0.2) is 14.5 Å². The van der Waals surface area contributed by atoms with Crippen molar-refractivity contribution in [1.29, 1.82) is 0 Å². The number of halogens is 3. The molecule has 1 aliphatic rings. The van der Waals surface area contributed by atoms with E-state index in [4.69, 9.17) is 4.43 Å². The summed E-state index contributed by atoms with van der Waals surface area (Å²) < 4.78 is 40.0. The Morgan fingerprint density at radius 1 is 1.27 bits per heavy atom. The lowest BCUT2D eigenvalue weighted by molar-refractivity contribution is -0.0469. The van der Waals surface area contributed by atoms with Crippen molar-refractivity contribution in [2.45, 2.75) is 57.9 Å². The molecule has 1 rings (SSSR count). The van der Waals surface area contributed by atoms with Crippen LogP contribution in [0.1, 0.15) is 26.7 Å². The summed E-state index contributed by atoms with van der Waals surface area (Å²) in [4.78, 5) is 0. The summed E-state index contributed by atoms with van der Waals surface area (Å²) >= 11 is 0. The van der Waals surface area contributed by atoms with Crippen molar-refractivity contribution in [3.63, 3.8) is 0 Å². The summed E-state index contributed by atoms with van der Waals surface area (Å²) in [5.41, 5.74) is 0. The molecule has 0 saturated carbocycles. The lowest BCUT2D eigenvalue weighted by atomic mass is 10.3. The highest BCUT2D eigenvalue weighted by Crippen LogP contribution is 2.20. The van der Waals surface area contributed by atoms with Gasteiger partial charge in [-0.05, 0) is 32.5 Å². The van der Waals surface area contributed by atoms with Gasteiger partial charge in [-0.15, -0.1) is 0 Å². The third-order valence-electron chi connectivity index (χ3n) is 2.36. The average Bonchev–Trinajstić information content (AvgIpc) is 2.02. The lowest BCUT2D eigenvalue weighted by Crippen LogP contribution is -2.33. The third kappa shape index (κ3) is 7.85. The molecule has 92 valence electrons. The van der Waals surface area contributed by atoms with Gasteiger partial charge in [0.1, 0.15) is 0 Å². The van der Waals surface area contributed by atoms with E-state index in [0.29, 0.717) is 6.92 Å². The maximum atomic E-state index is 11.5. The highest BCUT2D eigenvalue weighted by molar-refractivity contribution is 6.71. The smallest absolute Gasteiger partial charge is 0.275 e. The average molecular weight is 242 g/mol. The second kappa shape index (κ2) is 5.89. The Morgan fingerprint density at radius 3 is 1.87 bits per heavy atom. The number of hydrogen-bond donors (Lipinski definition) is 0. The van der Waals surface area contributed by atoms with Gasteiger partial charge in [0.05, 0.1) is 0 Å². The molecule has 0 radical (unpaired) electrons. The second-order valence-corrected chi connectivity index (χ2v) is 8.95. The van der Waals surface area contributed by atoms with Gasteiger partial charge in [0.25, 0.3) is 5.92 Å². The van der Waals surface area contributed by atoms with E-state index in [2.05, 4.69) is 13.1 Å². The second-order valence-electron chi connectivity index (χ2n) is 4.64. The predicted molar refractivity (Wildman–Crippen MR) is 58.7 cm³/mol. The predicted octanol–water partition coefficient (Wildman–Crippen LogP) is 4.00. The monoisotopic (exact) mass is 242 g/mol. The first-order valence-electron chi connectivity index (χ1n) is 5.31. The number of alkyl halides is 3. The van der Waals surface area contributed by atoms with E-state index in [1.165, 1.54) is 18.9 Å². The minimum atomic E-state index is -3.17. The van der Waals surface area contributed by atoms with Gasteiger partial charge in [-0.3, -0.25) is 0 Å². The first-order valence-corrected chi connectivity index (χ1v) is 8.42. The van der Waals surface area contributed by atoms with Crippen LogP contribution in [0.4, 0.5) is 13.2 Å². The maximum Gasteiger partial charge on any atom is 0.275 e. The van der Waals surface area contributed by atoms with E-state index in [1.807, 2.05) is 0 Å². The van der Waals surface area contributed by atoms with Crippen LogP contribution < -0.4 is 0 Å². The minimum absolute atomic E-state index is 0.553. The summed E-state index contributed by atoms with van der Waals surface area (Å²) in [6, 6.07) is 1.37. The quantitative estimate of drug-likeness (QED) is 0.631. The van der Waals surface area contributed by atoms with Crippen LogP contribution in [0.15, 0.2) is 0 Å². The van der Waals surface area contributed by atoms with Crippen LogP contribution >= 0.6 is 0 Å². The molecule has 0 amide bonds. The molecule has 1 aliphatic heterocycles. The molecule has 0 aliphatic carbocycles. The van der Waals surface area contributed by atoms with Gasteiger partial charge in [-0.25, -0.2) is 13.2 Å². The molecule has 0 aromatic carbocycles. The Labute approximate surface area is 91.1 Å². The van der Waals surface area contributed by atoms with E-state index in [-0.39, 0.29) is 0 Å². The largest absolute Gasteiger partial charge is 0.417 e. The van der Waals surface area contributed by atoms with Crippen LogP contribution in [0.25, 0.3) is 0 Å². The zero-order valence-corrected chi connectivity index (χ0v) is 10.9. The Kier molecular flexibility index (Phi) is 5.88. The standard InChI is InChI=1S/C6H14OSi.C4H7F3/c1-8(2)6-4-3-5-7-8;1-3(5)4(2,6)7/h3-6H2,1-2H3;3H,1-2H3. The first kappa shape index (κ1) is 15.0. The topological polar surface area (TPSA) is 9.23 Å². The van der Waals surface area contributed by atoms with E-state index in [9.17, 15) is 13.2 Å².